The minimum Gasteiger partial charge on any atom is -0.441 e. The SMILES string of the molecule is NCCc1ncc(-c2cc(Cl)ccc2Br)o1. The number of benzene rings is 1. The maximum atomic E-state index is 5.93. The van der Waals surface area contributed by atoms with E-state index in [0.717, 1.165) is 10.0 Å². The van der Waals surface area contributed by atoms with Crippen molar-refractivity contribution in [3.05, 3.63) is 39.8 Å². The predicted molar refractivity (Wildman–Crippen MR) is 67.4 cm³/mol. The van der Waals surface area contributed by atoms with E-state index in [0.29, 0.717) is 29.6 Å². The van der Waals surface area contributed by atoms with Gasteiger partial charge in [-0.2, -0.15) is 0 Å². The molecule has 0 aliphatic heterocycles. The molecular formula is C11H10BrClN2O. The molecule has 0 radical (unpaired) electrons. The van der Waals surface area contributed by atoms with Gasteiger partial charge >= 0.3 is 0 Å². The molecule has 1 aromatic carbocycles. The molecule has 16 heavy (non-hydrogen) atoms. The second kappa shape index (κ2) is 4.99. The zero-order valence-electron chi connectivity index (χ0n) is 8.41. The van der Waals surface area contributed by atoms with Crippen LogP contribution in [0.1, 0.15) is 5.89 Å². The Kier molecular flexibility index (Phi) is 3.63. The van der Waals surface area contributed by atoms with Crippen molar-refractivity contribution >= 4 is 27.5 Å². The third-order valence-corrected chi connectivity index (χ3v) is 3.03. The summed E-state index contributed by atoms with van der Waals surface area (Å²) >= 11 is 9.38. The molecule has 5 heteroatoms. The summed E-state index contributed by atoms with van der Waals surface area (Å²) in [6, 6.07) is 5.52. The second-order valence-corrected chi connectivity index (χ2v) is 4.57. The van der Waals surface area contributed by atoms with Gasteiger partial charge in [0.1, 0.15) is 0 Å². The Morgan fingerprint density at radius 1 is 1.44 bits per heavy atom. The maximum Gasteiger partial charge on any atom is 0.196 e. The Hall–Kier alpha value is -0.840. The average molecular weight is 302 g/mol. The van der Waals surface area contributed by atoms with Crippen LogP contribution >= 0.6 is 27.5 Å². The van der Waals surface area contributed by atoms with Gasteiger partial charge in [-0.1, -0.05) is 27.5 Å². The fourth-order valence-corrected chi connectivity index (χ4v) is 1.97. The van der Waals surface area contributed by atoms with Crippen LogP contribution in [0.15, 0.2) is 33.3 Å². The molecule has 2 N–H and O–H groups in total. The minimum atomic E-state index is 0.524. The van der Waals surface area contributed by atoms with E-state index in [1.54, 1.807) is 6.20 Å². The predicted octanol–water partition coefficient (Wildman–Crippen LogP) is 3.26. The first-order chi connectivity index (χ1) is 7.70. The number of halogens is 2. The van der Waals surface area contributed by atoms with Crippen LogP contribution in [0.25, 0.3) is 11.3 Å². The van der Waals surface area contributed by atoms with Crippen molar-refractivity contribution in [2.45, 2.75) is 6.42 Å². The van der Waals surface area contributed by atoms with Gasteiger partial charge in [0.25, 0.3) is 0 Å². The van der Waals surface area contributed by atoms with Crippen LogP contribution in [0.4, 0.5) is 0 Å². The number of rotatable bonds is 3. The summed E-state index contributed by atoms with van der Waals surface area (Å²) in [5, 5.41) is 0.662. The van der Waals surface area contributed by atoms with Crippen molar-refractivity contribution in [2.75, 3.05) is 6.54 Å². The molecule has 0 bridgehead atoms. The van der Waals surface area contributed by atoms with Gasteiger partial charge in [-0.3, -0.25) is 0 Å². The Bertz CT molecular complexity index is 498. The van der Waals surface area contributed by atoms with Crippen LogP contribution in [-0.4, -0.2) is 11.5 Å². The van der Waals surface area contributed by atoms with Gasteiger partial charge in [-0.25, -0.2) is 4.98 Å². The van der Waals surface area contributed by atoms with E-state index < -0.39 is 0 Å². The molecule has 0 unspecified atom stereocenters. The summed E-state index contributed by atoms with van der Waals surface area (Å²) in [6.07, 6.45) is 2.32. The Morgan fingerprint density at radius 3 is 3.00 bits per heavy atom. The first kappa shape index (κ1) is 11.6. The van der Waals surface area contributed by atoms with Crippen molar-refractivity contribution in [1.82, 2.24) is 4.98 Å². The standard InChI is InChI=1S/C11H10BrClN2O/c12-9-2-1-7(13)5-8(9)10-6-15-11(16-10)3-4-14/h1-2,5-6H,3-4,14H2. The number of nitrogens with two attached hydrogens (primary N) is 1. The van der Waals surface area contributed by atoms with Crippen molar-refractivity contribution in [2.24, 2.45) is 5.73 Å². The van der Waals surface area contributed by atoms with Crippen molar-refractivity contribution in [3.8, 4) is 11.3 Å². The van der Waals surface area contributed by atoms with Gasteiger partial charge in [0.15, 0.2) is 11.7 Å². The first-order valence-corrected chi connectivity index (χ1v) is 5.98. The van der Waals surface area contributed by atoms with Crippen LogP contribution < -0.4 is 5.73 Å². The normalized spacial score (nSPS) is 10.7. The molecule has 0 spiro atoms. The van der Waals surface area contributed by atoms with Crippen molar-refractivity contribution in [1.29, 1.82) is 0 Å². The highest BCUT2D eigenvalue weighted by atomic mass is 79.9. The smallest absolute Gasteiger partial charge is 0.196 e. The van der Waals surface area contributed by atoms with Crippen molar-refractivity contribution in [3.63, 3.8) is 0 Å². The zero-order valence-corrected chi connectivity index (χ0v) is 10.8. The minimum absolute atomic E-state index is 0.524. The lowest BCUT2D eigenvalue weighted by molar-refractivity contribution is 0.508. The lowest BCUT2D eigenvalue weighted by atomic mass is 10.2. The maximum absolute atomic E-state index is 5.93. The summed E-state index contributed by atoms with van der Waals surface area (Å²) in [4.78, 5) is 4.14. The van der Waals surface area contributed by atoms with Crippen LogP contribution in [0, 0.1) is 0 Å². The topological polar surface area (TPSA) is 52.0 Å². The highest BCUT2D eigenvalue weighted by molar-refractivity contribution is 9.10. The van der Waals surface area contributed by atoms with Gasteiger partial charge < -0.3 is 10.2 Å². The Morgan fingerprint density at radius 2 is 2.25 bits per heavy atom. The molecule has 0 aliphatic carbocycles. The van der Waals surface area contributed by atoms with Gasteiger partial charge in [0.05, 0.1) is 6.20 Å². The first-order valence-electron chi connectivity index (χ1n) is 4.81. The molecule has 0 amide bonds. The molecule has 0 saturated heterocycles. The van der Waals surface area contributed by atoms with E-state index >= 15 is 0 Å². The van der Waals surface area contributed by atoms with E-state index in [9.17, 15) is 0 Å². The highest BCUT2D eigenvalue weighted by Gasteiger charge is 2.09. The molecule has 0 fully saturated rings. The van der Waals surface area contributed by atoms with Crippen LogP contribution in [-0.2, 0) is 6.42 Å². The van der Waals surface area contributed by atoms with E-state index in [1.165, 1.54) is 0 Å². The molecule has 1 aromatic heterocycles. The van der Waals surface area contributed by atoms with E-state index in [1.807, 2.05) is 18.2 Å². The van der Waals surface area contributed by atoms with Gasteiger partial charge in [-0.15, -0.1) is 0 Å². The molecule has 0 aliphatic rings. The molecule has 0 saturated carbocycles. The third-order valence-electron chi connectivity index (χ3n) is 2.11. The number of aromatic nitrogens is 1. The summed E-state index contributed by atoms with van der Waals surface area (Å²) in [7, 11) is 0. The van der Waals surface area contributed by atoms with Crippen LogP contribution in [0.5, 0.6) is 0 Å². The Balaban J connectivity index is 2.38. The largest absolute Gasteiger partial charge is 0.441 e. The molecular weight excluding hydrogens is 291 g/mol. The Labute approximate surface area is 107 Å². The molecule has 2 rings (SSSR count). The molecule has 1 heterocycles. The van der Waals surface area contributed by atoms with E-state index in [2.05, 4.69) is 20.9 Å². The zero-order chi connectivity index (χ0) is 11.5. The molecule has 84 valence electrons. The second-order valence-electron chi connectivity index (χ2n) is 3.28. The highest BCUT2D eigenvalue weighted by Crippen LogP contribution is 2.31. The van der Waals surface area contributed by atoms with E-state index in [4.69, 9.17) is 21.8 Å². The van der Waals surface area contributed by atoms with Crippen LogP contribution in [0.3, 0.4) is 0 Å². The number of hydrogen-bond donors (Lipinski definition) is 1. The number of hydrogen-bond acceptors (Lipinski definition) is 3. The van der Waals surface area contributed by atoms with Crippen LogP contribution in [0.2, 0.25) is 5.02 Å². The number of oxazole rings is 1. The summed E-state index contributed by atoms with van der Waals surface area (Å²) in [5.41, 5.74) is 6.32. The molecule has 2 aromatic rings. The summed E-state index contributed by atoms with van der Waals surface area (Å²) in [5.74, 6) is 1.34. The third kappa shape index (κ3) is 2.45. The lowest BCUT2D eigenvalue weighted by Crippen LogP contribution is -2.02. The quantitative estimate of drug-likeness (QED) is 0.946. The fraction of sp³-hybridized carbons (Fsp3) is 0.182. The lowest BCUT2D eigenvalue weighted by Gasteiger charge is -2.00. The average Bonchev–Trinajstić information content (AvgIpc) is 2.71. The number of nitrogens with zero attached hydrogens (tertiary/aromatic N) is 1. The molecule has 0 atom stereocenters. The van der Waals surface area contributed by atoms with Crippen molar-refractivity contribution < 1.29 is 4.42 Å². The van der Waals surface area contributed by atoms with Gasteiger partial charge in [0.2, 0.25) is 0 Å². The van der Waals surface area contributed by atoms with Gasteiger partial charge in [-0.05, 0) is 18.2 Å². The summed E-state index contributed by atoms with van der Waals surface area (Å²) < 4.78 is 6.49. The molecule has 3 nitrogen and oxygen atoms in total. The van der Waals surface area contributed by atoms with E-state index in [-0.39, 0.29) is 0 Å². The van der Waals surface area contributed by atoms with Gasteiger partial charge in [0, 0.05) is 28.0 Å². The summed E-state index contributed by atoms with van der Waals surface area (Å²) in [6.45, 7) is 0.524. The fourth-order valence-electron chi connectivity index (χ4n) is 1.36. The monoisotopic (exact) mass is 300 g/mol.